The van der Waals surface area contributed by atoms with Crippen LogP contribution in [0.5, 0.6) is 11.5 Å². The van der Waals surface area contributed by atoms with E-state index in [-0.39, 0.29) is 23.3 Å². The molecule has 1 atom stereocenters. The van der Waals surface area contributed by atoms with Crippen molar-refractivity contribution in [2.75, 3.05) is 0 Å². The number of hydrogen-bond acceptors (Lipinski definition) is 5. The van der Waals surface area contributed by atoms with Gasteiger partial charge >= 0.3 is 0 Å². The van der Waals surface area contributed by atoms with Crippen molar-refractivity contribution in [1.29, 1.82) is 5.26 Å². The monoisotopic (exact) mass is 372 g/mol. The molecular weight excluding hydrogens is 352 g/mol. The Morgan fingerprint density at radius 1 is 1.00 bits per heavy atom. The van der Waals surface area contributed by atoms with Crippen LogP contribution in [0.15, 0.2) is 76.9 Å². The van der Waals surface area contributed by atoms with Crippen LogP contribution < -0.4 is 5.73 Å². The van der Waals surface area contributed by atoms with Crippen molar-refractivity contribution >= 4 is 6.08 Å². The fourth-order valence-corrected chi connectivity index (χ4v) is 3.85. The summed E-state index contributed by atoms with van der Waals surface area (Å²) in [7, 11) is 0. The van der Waals surface area contributed by atoms with E-state index in [4.69, 9.17) is 10.5 Å². The number of nitriles is 1. The van der Waals surface area contributed by atoms with Crippen molar-refractivity contribution < 1.29 is 14.9 Å². The third-order valence-electron chi connectivity index (χ3n) is 5.17. The minimum absolute atomic E-state index is 0.123. The predicted octanol–water partition coefficient (Wildman–Crippen LogP) is 4.43. The Morgan fingerprint density at radius 3 is 2.29 bits per heavy atom. The second kappa shape index (κ2) is 7.16. The van der Waals surface area contributed by atoms with Crippen LogP contribution in [0.3, 0.4) is 0 Å². The fraction of sp³-hybridized carbons (Fsp3) is 0.174. The summed E-state index contributed by atoms with van der Waals surface area (Å²) >= 11 is 0. The average Bonchev–Trinajstić information content (AvgIpc) is 2.70. The molecule has 1 heterocycles. The maximum absolute atomic E-state index is 9.69. The molecule has 4 rings (SSSR count). The largest absolute Gasteiger partial charge is 0.508 e. The summed E-state index contributed by atoms with van der Waals surface area (Å²) in [6, 6.07) is 16.1. The zero-order chi connectivity index (χ0) is 19.7. The van der Waals surface area contributed by atoms with Crippen molar-refractivity contribution in [3.63, 3.8) is 0 Å². The van der Waals surface area contributed by atoms with Gasteiger partial charge in [-0.25, -0.2) is 0 Å². The number of nitrogens with zero attached hydrogens (tertiary/aromatic N) is 1. The molecule has 2 aromatic carbocycles. The normalized spacial score (nSPS) is 20.5. The highest BCUT2D eigenvalue weighted by molar-refractivity contribution is 5.62. The molecule has 2 aliphatic rings. The lowest BCUT2D eigenvalue weighted by atomic mass is 9.77. The third kappa shape index (κ3) is 3.21. The smallest absolute Gasteiger partial charge is 0.205 e. The van der Waals surface area contributed by atoms with Crippen LogP contribution in [0.2, 0.25) is 0 Å². The number of hydrogen-bond donors (Lipinski definition) is 3. The molecule has 28 heavy (non-hydrogen) atoms. The van der Waals surface area contributed by atoms with Gasteiger partial charge in [0.25, 0.3) is 0 Å². The number of allylic oxidation sites excluding steroid dienone is 3. The standard InChI is InChI=1S/C23H20N2O3/c24-13-20-21(15-6-10-18(27)11-7-15)19-3-1-2-16(22(19)28-23(20)25)12-14-4-8-17(26)9-5-14/h4-12,21,26-27H,1-3,25H2/b16-12+. The SMILES string of the molecule is N#CC1=C(N)OC2=C(CCC/C2=C\c2ccc(O)cc2)C1c1ccc(O)cc1. The zero-order valence-electron chi connectivity index (χ0n) is 15.2. The molecule has 0 amide bonds. The van der Waals surface area contributed by atoms with Crippen LogP contribution >= 0.6 is 0 Å². The summed E-state index contributed by atoms with van der Waals surface area (Å²) in [5, 5.41) is 28.8. The molecule has 0 aromatic heterocycles. The second-order valence-corrected chi connectivity index (χ2v) is 6.99. The van der Waals surface area contributed by atoms with Gasteiger partial charge < -0.3 is 20.7 Å². The van der Waals surface area contributed by atoms with Crippen molar-refractivity contribution in [1.82, 2.24) is 0 Å². The second-order valence-electron chi connectivity index (χ2n) is 6.99. The van der Waals surface area contributed by atoms with E-state index in [2.05, 4.69) is 6.07 Å². The Labute approximate surface area is 163 Å². The van der Waals surface area contributed by atoms with Crippen molar-refractivity contribution in [3.8, 4) is 17.6 Å². The Kier molecular flexibility index (Phi) is 4.54. The molecule has 0 saturated carbocycles. The molecule has 2 aromatic rings. The Hall–Kier alpha value is -3.65. The highest BCUT2D eigenvalue weighted by Gasteiger charge is 2.35. The van der Waals surface area contributed by atoms with Gasteiger partial charge in [0.1, 0.15) is 28.9 Å². The van der Waals surface area contributed by atoms with Crippen LogP contribution in [0.25, 0.3) is 6.08 Å². The summed E-state index contributed by atoms with van der Waals surface area (Å²) in [6.07, 6.45) is 4.63. The number of ether oxygens (including phenoxy) is 1. The summed E-state index contributed by atoms with van der Waals surface area (Å²) in [5.74, 6) is 0.972. The van der Waals surface area contributed by atoms with Crippen molar-refractivity contribution in [3.05, 3.63) is 88.0 Å². The van der Waals surface area contributed by atoms with Gasteiger partial charge in [-0.15, -0.1) is 0 Å². The van der Waals surface area contributed by atoms with Crippen LogP contribution in [-0.2, 0) is 4.74 Å². The van der Waals surface area contributed by atoms with Gasteiger partial charge in [-0.3, -0.25) is 0 Å². The number of phenols is 2. The zero-order valence-corrected chi connectivity index (χ0v) is 15.2. The first kappa shape index (κ1) is 17.7. The van der Waals surface area contributed by atoms with E-state index in [1.165, 1.54) is 0 Å². The van der Waals surface area contributed by atoms with Crippen LogP contribution in [-0.4, -0.2) is 10.2 Å². The topological polar surface area (TPSA) is 99.5 Å². The molecule has 0 saturated heterocycles. The lowest BCUT2D eigenvalue weighted by Crippen LogP contribution is -2.23. The molecule has 4 N–H and O–H groups in total. The van der Waals surface area contributed by atoms with E-state index >= 15 is 0 Å². The minimum Gasteiger partial charge on any atom is -0.508 e. The van der Waals surface area contributed by atoms with Gasteiger partial charge in [0.15, 0.2) is 0 Å². The van der Waals surface area contributed by atoms with E-state index in [1.807, 2.05) is 30.3 Å². The highest BCUT2D eigenvalue weighted by Crippen LogP contribution is 2.46. The third-order valence-corrected chi connectivity index (χ3v) is 5.17. The molecule has 0 fully saturated rings. The first-order chi connectivity index (χ1) is 13.6. The maximum Gasteiger partial charge on any atom is 0.205 e. The van der Waals surface area contributed by atoms with E-state index in [1.54, 1.807) is 24.3 Å². The molecular formula is C23H20N2O3. The van der Waals surface area contributed by atoms with Crippen molar-refractivity contribution in [2.45, 2.75) is 25.2 Å². The minimum atomic E-state index is -0.280. The first-order valence-electron chi connectivity index (χ1n) is 9.16. The number of benzene rings is 2. The van der Waals surface area contributed by atoms with E-state index in [9.17, 15) is 15.5 Å². The molecule has 0 bridgehead atoms. The Balaban J connectivity index is 1.82. The number of nitrogens with two attached hydrogens (primary N) is 1. The van der Waals surface area contributed by atoms with Crippen LogP contribution in [0.1, 0.15) is 36.3 Å². The summed E-state index contributed by atoms with van der Waals surface area (Å²) in [6.45, 7) is 0. The molecule has 1 aliphatic carbocycles. The van der Waals surface area contributed by atoms with Gasteiger partial charge in [0.05, 0.1) is 0 Å². The highest BCUT2D eigenvalue weighted by atomic mass is 16.5. The van der Waals surface area contributed by atoms with E-state index < -0.39 is 0 Å². The molecule has 1 aliphatic heterocycles. The van der Waals surface area contributed by atoms with Crippen LogP contribution in [0.4, 0.5) is 0 Å². The predicted molar refractivity (Wildman–Crippen MR) is 106 cm³/mol. The Morgan fingerprint density at radius 2 is 1.64 bits per heavy atom. The van der Waals surface area contributed by atoms with Gasteiger partial charge in [0.2, 0.25) is 5.88 Å². The van der Waals surface area contributed by atoms with Gasteiger partial charge in [-0.05, 0) is 71.9 Å². The van der Waals surface area contributed by atoms with Gasteiger partial charge in [0, 0.05) is 5.92 Å². The maximum atomic E-state index is 9.69. The fourth-order valence-electron chi connectivity index (χ4n) is 3.85. The quantitative estimate of drug-likeness (QED) is 0.724. The van der Waals surface area contributed by atoms with Crippen LogP contribution in [0, 0.1) is 11.3 Å². The molecule has 5 nitrogen and oxygen atoms in total. The summed E-state index contributed by atoms with van der Waals surface area (Å²) in [4.78, 5) is 0. The molecule has 0 spiro atoms. The van der Waals surface area contributed by atoms with E-state index in [0.29, 0.717) is 5.57 Å². The molecule has 5 heteroatoms. The summed E-state index contributed by atoms with van der Waals surface area (Å²) < 4.78 is 5.93. The number of phenolic OH excluding ortho intramolecular Hbond substituents is 2. The molecule has 1 unspecified atom stereocenters. The average molecular weight is 372 g/mol. The van der Waals surface area contributed by atoms with E-state index in [0.717, 1.165) is 47.3 Å². The first-order valence-corrected chi connectivity index (χ1v) is 9.16. The lowest BCUT2D eigenvalue weighted by molar-refractivity contribution is 0.277. The summed E-state index contributed by atoms with van der Waals surface area (Å²) in [5.41, 5.74) is 10.4. The Bertz CT molecular complexity index is 1040. The van der Waals surface area contributed by atoms with Gasteiger partial charge in [-0.1, -0.05) is 24.3 Å². The number of aromatic hydroxyl groups is 2. The molecule has 0 radical (unpaired) electrons. The number of rotatable bonds is 2. The van der Waals surface area contributed by atoms with Crippen molar-refractivity contribution in [2.24, 2.45) is 5.73 Å². The van der Waals surface area contributed by atoms with Gasteiger partial charge in [-0.2, -0.15) is 5.26 Å². The molecule has 140 valence electrons. The lowest BCUT2D eigenvalue weighted by Gasteiger charge is -2.33.